The van der Waals surface area contributed by atoms with Crippen molar-refractivity contribution < 1.29 is 19.0 Å². The summed E-state index contributed by atoms with van der Waals surface area (Å²) >= 11 is 7.83. The van der Waals surface area contributed by atoms with Crippen molar-refractivity contribution in [1.29, 1.82) is 0 Å². The average Bonchev–Trinajstić information content (AvgIpc) is 3.50. The van der Waals surface area contributed by atoms with Gasteiger partial charge in [0.1, 0.15) is 6.04 Å². The second-order valence-electron chi connectivity index (χ2n) is 10.8. The third-order valence-electron chi connectivity index (χ3n) is 8.17. The Bertz CT molecular complexity index is 2190. The highest BCUT2D eigenvalue weighted by Gasteiger charge is 2.36. The molecule has 0 radical (unpaired) electrons. The highest BCUT2D eigenvalue weighted by Crippen LogP contribution is 2.41. The quantitative estimate of drug-likeness (QED) is 0.177. The van der Waals surface area contributed by atoms with Crippen molar-refractivity contribution >= 4 is 45.9 Å². The molecule has 1 aliphatic heterocycles. The number of rotatable bonds is 9. The molecular weight excluding hydrogens is 622 g/mol. The molecule has 10 heteroatoms. The molecule has 1 aliphatic rings. The predicted octanol–water partition coefficient (Wildman–Crippen LogP) is 6.17. The maximum absolute atomic E-state index is 14.5. The molecule has 0 saturated carbocycles. The van der Waals surface area contributed by atoms with Crippen LogP contribution in [0.3, 0.4) is 0 Å². The summed E-state index contributed by atoms with van der Waals surface area (Å²) in [5.74, 6) is 0.426. The SMILES string of the molecule is CCOC(=O)C1=C(C)N=c2s/c(=C/c3c(C)n(Cc4ccccc4Cl)c4ccccc34)c(=O)n2[C@@H]1c1cccc(OC)c1OCC. The number of benzene rings is 3. The average molecular weight is 656 g/mol. The summed E-state index contributed by atoms with van der Waals surface area (Å²) in [5.41, 5.74) is 5.07. The first-order valence-corrected chi connectivity index (χ1v) is 16.3. The lowest BCUT2D eigenvalue weighted by molar-refractivity contribution is -0.139. The number of aromatic nitrogens is 2. The molecule has 0 amide bonds. The summed E-state index contributed by atoms with van der Waals surface area (Å²) in [7, 11) is 1.56. The van der Waals surface area contributed by atoms with Crippen LogP contribution in [0.2, 0.25) is 5.02 Å². The van der Waals surface area contributed by atoms with Gasteiger partial charge in [0, 0.05) is 39.3 Å². The van der Waals surface area contributed by atoms with Crippen molar-refractivity contribution in [1.82, 2.24) is 9.13 Å². The minimum Gasteiger partial charge on any atom is -0.493 e. The number of para-hydroxylation sites is 2. The Kier molecular flexibility index (Phi) is 8.88. The standard InChI is InChI=1S/C36H34ClN3O5S/c1-6-44-33-25(15-12-18-29(33)43-5)32-31(35(42)45-7-2)21(3)38-36-40(32)34(41)30(46-36)19-26-22(4)39(28-17-11-9-14-24(26)28)20-23-13-8-10-16-27(23)37/h8-19,32H,6-7,20H2,1-5H3/b30-19+/t32-/m1/s1. The maximum atomic E-state index is 14.5. The van der Waals surface area contributed by atoms with Gasteiger partial charge in [-0.2, -0.15) is 0 Å². The maximum Gasteiger partial charge on any atom is 0.338 e. The molecule has 236 valence electrons. The summed E-state index contributed by atoms with van der Waals surface area (Å²) in [6, 6.07) is 20.6. The van der Waals surface area contributed by atoms with Gasteiger partial charge in [-0.15, -0.1) is 0 Å². The lowest BCUT2D eigenvalue weighted by Crippen LogP contribution is -2.40. The van der Waals surface area contributed by atoms with Crippen molar-refractivity contribution in [2.24, 2.45) is 4.99 Å². The van der Waals surface area contributed by atoms with Crippen LogP contribution in [0.15, 0.2) is 87.8 Å². The zero-order valence-electron chi connectivity index (χ0n) is 26.3. The number of thiazole rings is 1. The number of hydrogen-bond acceptors (Lipinski definition) is 7. The van der Waals surface area contributed by atoms with Gasteiger partial charge in [-0.1, -0.05) is 71.5 Å². The van der Waals surface area contributed by atoms with Gasteiger partial charge in [0.25, 0.3) is 5.56 Å². The first-order valence-electron chi connectivity index (χ1n) is 15.1. The smallest absolute Gasteiger partial charge is 0.338 e. The number of methoxy groups -OCH3 is 1. The van der Waals surface area contributed by atoms with Gasteiger partial charge in [0.2, 0.25) is 0 Å². The molecule has 1 atom stereocenters. The molecule has 46 heavy (non-hydrogen) atoms. The van der Waals surface area contributed by atoms with Crippen molar-refractivity contribution in [3.63, 3.8) is 0 Å². The molecule has 0 bridgehead atoms. The summed E-state index contributed by atoms with van der Waals surface area (Å²) in [4.78, 5) is 33.2. The Balaban J connectivity index is 1.59. The molecule has 0 fully saturated rings. The fraction of sp³-hybridized carbons (Fsp3) is 0.250. The molecule has 3 aromatic carbocycles. The van der Waals surface area contributed by atoms with Gasteiger partial charge < -0.3 is 18.8 Å². The van der Waals surface area contributed by atoms with E-state index in [1.165, 1.54) is 11.3 Å². The van der Waals surface area contributed by atoms with Crippen LogP contribution in [0.4, 0.5) is 0 Å². The second kappa shape index (κ2) is 13.0. The summed E-state index contributed by atoms with van der Waals surface area (Å²) in [6.07, 6.45) is 1.93. The minimum atomic E-state index is -0.836. The van der Waals surface area contributed by atoms with Crippen molar-refractivity contribution in [2.75, 3.05) is 20.3 Å². The summed E-state index contributed by atoms with van der Waals surface area (Å²) < 4.78 is 21.4. The largest absolute Gasteiger partial charge is 0.493 e. The van der Waals surface area contributed by atoms with Crippen LogP contribution >= 0.6 is 22.9 Å². The molecule has 5 aromatic rings. The van der Waals surface area contributed by atoms with Crippen LogP contribution < -0.4 is 24.4 Å². The fourth-order valence-electron chi connectivity index (χ4n) is 6.07. The van der Waals surface area contributed by atoms with E-state index in [-0.39, 0.29) is 17.7 Å². The van der Waals surface area contributed by atoms with Crippen molar-refractivity contribution in [2.45, 2.75) is 40.3 Å². The first kappa shape index (κ1) is 31.4. The molecule has 8 nitrogen and oxygen atoms in total. The molecule has 3 heterocycles. The Morgan fingerprint density at radius 2 is 1.78 bits per heavy atom. The van der Waals surface area contributed by atoms with Crippen molar-refractivity contribution in [3.05, 3.63) is 125 Å². The Labute approximate surface area is 275 Å². The van der Waals surface area contributed by atoms with Gasteiger partial charge in [-0.05, 0) is 57.5 Å². The topological polar surface area (TPSA) is 84.1 Å². The van der Waals surface area contributed by atoms with E-state index >= 15 is 0 Å². The van der Waals surface area contributed by atoms with Crippen LogP contribution in [0.25, 0.3) is 17.0 Å². The van der Waals surface area contributed by atoms with Crippen LogP contribution in [-0.4, -0.2) is 35.4 Å². The number of ether oxygens (including phenoxy) is 3. The fourth-order valence-corrected chi connectivity index (χ4v) is 7.29. The Hall–Kier alpha value is -4.60. The van der Waals surface area contributed by atoms with Gasteiger partial charge in [0.15, 0.2) is 16.3 Å². The van der Waals surface area contributed by atoms with Gasteiger partial charge >= 0.3 is 5.97 Å². The Morgan fingerprint density at radius 1 is 1.02 bits per heavy atom. The molecule has 6 rings (SSSR count). The van der Waals surface area contributed by atoms with E-state index < -0.39 is 12.0 Å². The van der Waals surface area contributed by atoms with Crippen molar-refractivity contribution in [3.8, 4) is 11.5 Å². The van der Waals surface area contributed by atoms with E-state index in [0.29, 0.717) is 50.3 Å². The van der Waals surface area contributed by atoms with E-state index in [1.54, 1.807) is 31.6 Å². The lowest BCUT2D eigenvalue weighted by Gasteiger charge is -2.26. The first-order chi connectivity index (χ1) is 22.3. The predicted molar refractivity (Wildman–Crippen MR) is 182 cm³/mol. The number of carbonyl (C=O) groups is 1. The monoisotopic (exact) mass is 655 g/mol. The lowest BCUT2D eigenvalue weighted by atomic mass is 9.94. The second-order valence-corrected chi connectivity index (χ2v) is 12.2. The molecule has 0 N–H and O–H groups in total. The van der Waals surface area contributed by atoms with E-state index in [1.807, 2.05) is 61.5 Å². The third kappa shape index (κ3) is 5.43. The molecular formula is C36H34ClN3O5S. The third-order valence-corrected chi connectivity index (χ3v) is 9.52. The normalized spacial score (nSPS) is 14.7. The number of esters is 1. The van der Waals surface area contributed by atoms with E-state index in [4.69, 9.17) is 30.8 Å². The van der Waals surface area contributed by atoms with Gasteiger partial charge in [0.05, 0.1) is 36.1 Å². The highest BCUT2D eigenvalue weighted by atomic mass is 35.5. The molecule has 0 aliphatic carbocycles. The Morgan fingerprint density at radius 3 is 2.52 bits per heavy atom. The zero-order valence-corrected chi connectivity index (χ0v) is 27.9. The number of nitrogens with zero attached hydrogens (tertiary/aromatic N) is 3. The number of fused-ring (bicyclic) bond motifs is 2. The number of allylic oxidation sites excluding steroid dienone is 1. The molecule has 0 unspecified atom stereocenters. The number of halogens is 1. The van der Waals surface area contributed by atoms with E-state index in [9.17, 15) is 9.59 Å². The molecule has 0 saturated heterocycles. The van der Waals surface area contributed by atoms with Gasteiger partial charge in [-0.25, -0.2) is 9.79 Å². The number of carbonyl (C=O) groups excluding carboxylic acids is 1. The van der Waals surface area contributed by atoms with E-state index in [0.717, 1.165) is 27.7 Å². The van der Waals surface area contributed by atoms with Crippen LogP contribution in [0.5, 0.6) is 11.5 Å². The minimum absolute atomic E-state index is 0.181. The van der Waals surface area contributed by atoms with Gasteiger partial charge in [-0.3, -0.25) is 9.36 Å². The molecule has 0 spiro atoms. The van der Waals surface area contributed by atoms with Crippen LogP contribution in [0.1, 0.15) is 49.2 Å². The van der Waals surface area contributed by atoms with E-state index in [2.05, 4.69) is 23.6 Å². The zero-order chi connectivity index (χ0) is 32.5. The number of hydrogen-bond donors (Lipinski definition) is 0. The highest BCUT2D eigenvalue weighted by molar-refractivity contribution is 7.07. The molecule has 2 aromatic heterocycles. The summed E-state index contributed by atoms with van der Waals surface area (Å²) in [5, 5.41) is 1.72. The van der Waals surface area contributed by atoms with Crippen LogP contribution in [0, 0.1) is 6.92 Å². The van der Waals surface area contributed by atoms with Crippen LogP contribution in [-0.2, 0) is 16.1 Å². The summed E-state index contributed by atoms with van der Waals surface area (Å²) in [6.45, 7) is 8.57.